The van der Waals surface area contributed by atoms with Gasteiger partial charge in [-0.1, -0.05) is 23.1 Å². The largest absolute Gasteiger partial charge is 0.306 e. The van der Waals surface area contributed by atoms with Gasteiger partial charge in [0.2, 0.25) is 4.96 Å². The minimum Gasteiger partial charge on any atom is -0.306 e. The summed E-state index contributed by atoms with van der Waals surface area (Å²) in [6.45, 7) is 4.81. The van der Waals surface area contributed by atoms with Gasteiger partial charge in [0.15, 0.2) is 5.16 Å². The molecule has 3 aromatic heterocycles. The Bertz CT molecular complexity index is 923. The van der Waals surface area contributed by atoms with Crippen LogP contribution in [0.25, 0.3) is 4.96 Å². The van der Waals surface area contributed by atoms with Crippen molar-refractivity contribution in [3.05, 3.63) is 32.9 Å². The van der Waals surface area contributed by atoms with E-state index in [1.165, 1.54) is 34.8 Å². The van der Waals surface area contributed by atoms with Crippen molar-refractivity contribution in [2.75, 3.05) is 0 Å². The Morgan fingerprint density at radius 3 is 2.96 bits per heavy atom. The van der Waals surface area contributed by atoms with E-state index in [1.54, 1.807) is 11.8 Å². The van der Waals surface area contributed by atoms with Gasteiger partial charge in [0, 0.05) is 24.2 Å². The van der Waals surface area contributed by atoms with Gasteiger partial charge in [0.1, 0.15) is 10.8 Å². The van der Waals surface area contributed by atoms with Gasteiger partial charge in [-0.15, -0.1) is 10.2 Å². The van der Waals surface area contributed by atoms with Crippen LogP contribution in [-0.4, -0.2) is 29.4 Å². The lowest BCUT2D eigenvalue weighted by Gasteiger charge is -2.05. The maximum Gasteiger partial charge on any atom is 0.275 e. The molecule has 1 fully saturated rings. The van der Waals surface area contributed by atoms with Crippen molar-refractivity contribution in [2.24, 2.45) is 0 Å². The summed E-state index contributed by atoms with van der Waals surface area (Å²) in [7, 11) is 0. The van der Waals surface area contributed by atoms with E-state index in [0.29, 0.717) is 16.6 Å². The van der Waals surface area contributed by atoms with Gasteiger partial charge in [-0.2, -0.15) is 9.61 Å². The predicted molar refractivity (Wildman–Crippen MR) is 89.1 cm³/mol. The summed E-state index contributed by atoms with van der Waals surface area (Å²) in [5.74, 6) is 2.35. The van der Waals surface area contributed by atoms with Crippen LogP contribution in [-0.2, 0) is 12.3 Å². The van der Waals surface area contributed by atoms with Gasteiger partial charge in [0.05, 0.1) is 5.75 Å². The number of fused-ring (bicyclic) bond motifs is 1. The Balaban J connectivity index is 1.57. The first-order valence-electron chi connectivity index (χ1n) is 7.58. The molecule has 0 amide bonds. The Morgan fingerprint density at radius 2 is 2.22 bits per heavy atom. The van der Waals surface area contributed by atoms with Crippen LogP contribution in [0.4, 0.5) is 0 Å². The van der Waals surface area contributed by atoms with Gasteiger partial charge >= 0.3 is 0 Å². The van der Waals surface area contributed by atoms with Gasteiger partial charge < -0.3 is 4.57 Å². The fraction of sp³-hybridized carbons (Fsp3) is 0.500. The molecule has 0 aliphatic heterocycles. The molecule has 0 unspecified atom stereocenters. The molecule has 1 aliphatic carbocycles. The third-order valence-electron chi connectivity index (χ3n) is 3.74. The number of rotatable bonds is 5. The molecule has 0 spiro atoms. The average molecular weight is 348 g/mol. The second-order valence-electron chi connectivity index (χ2n) is 5.57. The lowest BCUT2D eigenvalue weighted by atomic mass is 10.4. The van der Waals surface area contributed by atoms with Crippen molar-refractivity contribution in [2.45, 2.75) is 50.1 Å². The van der Waals surface area contributed by atoms with E-state index in [1.807, 2.05) is 6.92 Å². The van der Waals surface area contributed by atoms with Crippen LogP contribution >= 0.6 is 23.1 Å². The molecule has 0 radical (unpaired) electrons. The third-order valence-corrected chi connectivity index (χ3v) is 5.81. The van der Waals surface area contributed by atoms with E-state index in [-0.39, 0.29) is 5.56 Å². The Labute approximate surface area is 140 Å². The maximum absolute atomic E-state index is 11.9. The first-order chi connectivity index (χ1) is 11.2. The van der Waals surface area contributed by atoms with E-state index in [9.17, 15) is 4.79 Å². The van der Waals surface area contributed by atoms with Gasteiger partial charge in [-0.05, 0) is 26.7 Å². The van der Waals surface area contributed by atoms with E-state index in [2.05, 4.69) is 31.8 Å². The van der Waals surface area contributed by atoms with Crippen LogP contribution < -0.4 is 5.56 Å². The van der Waals surface area contributed by atoms with Crippen LogP contribution in [0.15, 0.2) is 16.0 Å². The molecule has 0 aromatic carbocycles. The zero-order valence-corrected chi connectivity index (χ0v) is 14.5. The molecular weight excluding hydrogens is 332 g/mol. The minimum absolute atomic E-state index is 0.132. The highest BCUT2D eigenvalue weighted by molar-refractivity contribution is 7.98. The number of hydrogen-bond acceptors (Lipinski definition) is 7. The molecule has 1 saturated carbocycles. The summed E-state index contributed by atoms with van der Waals surface area (Å²) in [5.41, 5.74) is 0.588. The van der Waals surface area contributed by atoms with E-state index in [0.717, 1.165) is 28.2 Å². The standard InChI is InChI=1S/C14H16N6OS2/c1-3-19-12(9-4-5-9)16-17-14(19)22-7-10-18-20-11(21)6-8(2)15-13(20)23-10/h6,9H,3-5,7H2,1-2H3. The monoisotopic (exact) mass is 348 g/mol. The van der Waals surface area contributed by atoms with Crippen molar-refractivity contribution in [3.8, 4) is 0 Å². The number of hydrogen-bond donors (Lipinski definition) is 0. The summed E-state index contributed by atoms with van der Waals surface area (Å²) in [4.78, 5) is 16.9. The van der Waals surface area contributed by atoms with Crippen molar-refractivity contribution >= 4 is 28.1 Å². The smallest absolute Gasteiger partial charge is 0.275 e. The highest BCUT2D eigenvalue weighted by Gasteiger charge is 2.30. The molecule has 3 heterocycles. The molecule has 23 heavy (non-hydrogen) atoms. The number of aryl methyl sites for hydroxylation is 1. The Morgan fingerprint density at radius 1 is 1.39 bits per heavy atom. The molecule has 0 saturated heterocycles. The lowest BCUT2D eigenvalue weighted by Crippen LogP contribution is -2.14. The quantitative estimate of drug-likeness (QED) is 0.658. The van der Waals surface area contributed by atoms with E-state index < -0.39 is 0 Å². The van der Waals surface area contributed by atoms with Gasteiger partial charge in [0.25, 0.3) is 5.56 Å². The molecule has 0 bridgehead atoms. The molecule has 0 atom stereocenters. The van der Waals surface area contributed by atoms with Crippen molar-refractivity contribution in [3.63, 3.8) is 0 Å². The van der Waals surface area contributed by atoms with E-state index >= 15 is 0 Å². The van der Waals surface area contributed by atoms with Crippen LogP contribution in [0.1, 0.15) is 42.2 Å². The van der Waals surface area contributed by atoms with Crippen LogP contribution in [0.5, 0.6) is 0 Å². The number of nitrogens with zero attached hydrogens (tertiary/aromatic N) is 6. The average Bonchev–Trinajstić information content (AvgIpc) is 3.14. The summed E-state index contributed by atoms with van der Waals surface area (Å²) < 4.78 is 3.55. The highest BCUT2D eigenvalue weighted by atomic mass is 32.2. The summed E-state index contributed by atoms with van der Waals surface area (Å²) in [6.07, 6.45) is 2.43. The fourth-order valence-corrected chi connectivity index (χ4v) is 4.43. The summed E-state index contributed by atoms with van der Waals surface area (Å²) in [6, 6.07) is 1.50. The van der Waals surface area contributed by atoms with Crippen LogP contribution in [0.3, 0.4) is 0 Å². The van der Waals surface area contributed by atoms with Gasteiger partial charge in [-0.3, -0.25) is 4.79 Å². The summed E-state index contributed by atoms with van der Waals surface area (Å²) >= 11 is 3.06. The molecule has 9 heteroatoms. The zero-order valence-electron chi connectivity index (χ0n) is 12.9. The lowest BCUT2D eigenvalue weighted by molar-refractivity contribution is 0.643. The second-order valence-corrected chi connectivity index (χ2v) is 7.56. The highest BCUT2D eigenvalue weighted by Crippen LogP contribution is 2.40. The normalized spacial score (nSPS) is 14.7. The maximum atomic E-state index is 11.9. The fourth-order valence-electron chi connectivity index (χ4n) is 2.49. The van der Waals surface area contributed by atoms with Crippen molar-refractivity contribution in [1.29, 1.82) is 0 Å². The van der Waals surface area contributed by atoms with E-state index in [4.69, 9.17) is 0 Å². The second kappa shape index (κ2) is 5.72. The van der Waals surface area contributed by atoms with Crippen molar-refractivity contribution in [1.82, 2.24) is 29.4 Å². The molecule has 7 nitrogen and oxygen atoms in total. The number of aromatic nitrogens is 6. The molecular formula is C14H16N6OS2. The topological polar surface area (TPSA) is 78.0 Å². The Hall–Kier alpha value is -1.74. The zero-order chi connectivity index (χ0) is 16.0. The van der Waals surface area contributed by atoms with Crippen molar-refractivity contribution < 1.29 is 0 Å². The minimum atomic E-state index is -0.132. The Kier molecular flexibility index (Phi) is 3.68. The molecule has 1 aliphatic rings. The predicted octanol–water partition coefficient (Wildman–Crippen LogP) is 2.24. The van der Waals surface area contributed by atoms with Gasteiger partial charge in [-0.25, -0.2) is 4.98 Å². The first-order valence-corrected chi connectivity index (χ1v) is 9.38. The van der Waals surface area contributed by atoms with Crippen LogP contribution in [0, 0.1) is 6.92 Å². The summed E-state index contributed by atoms with van der Waals surface area (Å²) in [5, 5.41) is 14.8. The first kappa shape index (κ1) is 14.8. The molecule has 3 aromatic rings. The third kappa shape index (κ3) is 2.78. The van der Waals surface area contributed by atoms with Crippen LogP contribution in [0.2, 0.25) is 0 Å². The molecule has 4 rings (SSSR count). The molecule has 120 valence electrons. The molecule has 0 N–H and O–H groups in total. The number of thioether (sulfide) groups is 1. The SMILES string of the molecule is CCn1c(SCc2nn3c(=O)cc(C)nc3s2)nnc1C1CC1.